The molecule has 0 spiro atoms. The number of amides is 1. The van der Waals surface area contributed by atoms with Gasteiger partial charge in [-0.15, -0.1) is 0 Å². The number of hydrogen-bond acceptors (Lipinski definition) is 5. The molecule has 2 heterocycles. The van der Waals surface area contributed by atoms with Crippen LogP contribution in [-0.2, 0) is 10.9 Å². The summed E-state index contributed by atoms with van der Waals surface area (Å²) >= 11 is 0. The van der Waals surface area contributed by atoms with Gasteiger partial charge in [0.2, 0.25) is 0 Å². The van der Waals surface area contributed by atoms with E-state index in [0.29, 0.717) is 13.2 Å². The largest absolute Gasteiger partial charge is 0.491 e. The van der Waals surface area contributed by atoms with Crippen LogP contribution in [-0.4, -0.2) is 49.8 Å². The van der Waals surface area contributed by atoms with Gasteiger partial charge in [-0.3, -0.25) is 9.78 Å². The van der Waals surface area contributed by atoms with E-state index in [9.17, 15) is 18.0 Å². The number of rotatable bonds is 9. The van der Waals surface area contributed by atoms with Crippen LogP contribution >= 0.6 is 0 Å². The molecule has 1 saturated heterocycles. The number of carbonyl (C=O) groups is 1. The van der Waals surface area contributed by atoms with Gasteiger partial charge in [-0.2, -0.15) is 13.2 Å². The predicted molar refractivity (Wildman–Crippen MR) is 123 cm³/mol. The van der Waals surface area contributed by atoms with Gasteiger partial charge in [0.1, 0.15) is 18.1 Å². The minimum atomic E-state index is -4.55. The quantitative estimate of drug-likeness (QED) is 0.522. The molecule has 9 heteroatoms. The summed E-state index contributed by atoms with van der Waals surface area (Å²) in [7, 11) is 1.62. The number of aromatic nitrogens is 1. The summed E-state index contributed by atoms with van der Waals surface area (Å²) in [6.45, 7) is 7.90. The molecule has 1 aromatic heterocycles. The molecule has 1 aromatic carbocycles. The number of carbonyl (C=O) groups excluding carboxylic acids is 1. The highest BCUT2D eigenvalue weighted by Gasteiger charge is 2.34. The van der Waals surface area contributed by atoms with Gasteiger partial charge in [-0.05, 0) is 68.1 Å². The molecule has 0 radical (unpaired) electrons. The number of nitrogens with zero attached hydrogens (tertiary/aromatic N) is 1. The van der Waals surface area contributed by atoms with Crippen molar-refractivity contribution in [3.05, 3.63) is 58.4 Å². The third-order valence-electron chi connectivity index (χ3n) is 6.50. The van der Waals surface area contributed by atoms with E-state index in [0.717, 1.165) is 60.2 Å². The number of benzene rings is 1. The van der Waals surface area contributed by atoms with Gasteiger partial charge in [-0.1, -0.05) is 13.0 Å². The van der Waals surface area contributed by atoms with Gasteiger partial charge in [-0.25, -0.2) is 0 Å². The van der Waals surface area contributed by atoms with Gasteiger partial charge in [0.25, 0.3) is 5.91 Å². The van der Waals surface area contributed by atoms with Crippen molar-refractivity contribution in [3.63, 3.8) is 0 Å². The Labute approximate surface area is 198 Å². The van der Waals surface area contributed by atoms with Gasteiger partial charge >= 0.3 is 6.18 Å². The van der Waals surface area contributed by atoms with Crippen molar-refractivity contribution in [1.29, 1.82) is 0 Å². The second kappa shape index (κ2) is 11.2. The maximum absolute atomic E-state index is 13.0. The van der Waals surface area contributed by atoms with Crippen LogP contribution in [0.4, 0.5) is 13.2 Å². The smallest absolute Gasteiger partial charge is 0.433 e. The maximum atomic E-state index is 13.0. The fourth-order valence-corrected chi connectivity index (χ4v) is 4.42. The fourth-order valence-electron chi connectivity index (χ4n) is 4.42. The SMILES string of the molecule is COCCOc1ccc(C(C)[C@@H](NC(=O)c2ccc(C(F)(F)F)nc2)C2CCCN2)c(C)c1C. The number of nitrogens with one attached hydrogen (secondary N) is 2. The third kappa shape index (κ3) is 6.07. The number of hydrogen-bond donors (Lipinski definition) is 2. The summed E-state index contributed by atoms with van der Waals surface area (Å²) in [5.41, 5.74) is 2.26. The van der Waals surface area contributed by atoms with Crippen molar-refractivity contribution in [3.8, 4) is 5.75 Å². The average Bonchev–Trinajstić information content (AvgIpc) is 3.34. The van der Waals surface area contributed by atoms with Crippen LogP contribution in [0, 0.1) is 13.8 Å². The summed E-state index contributed by atoms with van der Waals surface area (Å²) in [5.74, 6) is 0.301. The van der Waals surface area contributed by atoms with E-state index in [1.54, 1.807) is 7.11 Å². The molecule has 2 aromatic rings. The summed E-state index contributed by atoms with van der Waals surface area (Å²) in [4.78, 5) is 16.4. The fraction of sp³-hybridized carbons (Fsp3) is 0.520. The van der Waals surface area contributed by atoms with Crippen LogP contribution in [0.25, 0.3) is 0 Å². The lowest BCUT2D eigenvalue weighted by molar-refractivity contribution is -0.141. The summed E-state index contributed by atoms with van der Waals surface area (Å²) in [6, 6.07) is 5.75. The first-order valence-corrected chi connectivity index (χ1v) is 11.4. The predicted octanol–water partition coefficient (Wildman–Crippen LogP) is 4.40. The molecule has 0 saturated carbocycles. The number of halogens is 3. The number of pyridine rings is 1. The topological polar surface area (TPSA) is 72.5 Å². The Hall–Kier alpha value is -2.65. The molecule has 3 atom stereocenters. The van der Waals surface area contributed by atoms with Crippen LogP contribution in [0.3, 0.4) is 0 Å². The molecular weight excluding hydrogens is 447 g/mol. The summed E-state index contributed by atoms with van der Waals surface area (Å²) in [6.07, 6.45) is -1.68. The molecule has 34 heavy (non-hydrogen) atoms. The standard InChI is InChI=1S/C25H32F3N3O3/c1-15-16(2)21(34-13-12-33-4)9-8-19(15)17(3)23(20-6-5-11-29-20)31-24(32)18-7-10-22(30-14-18)25(26,27)28/h7-10,14,17,20,23,29H,5-6,11-13H2,1-4H3,(H,31,32)/t17?,20?,23-/m1/s1. The molecule has 6 nitrogen and oxygen atoms in total. The lowest BCUT2D eigenvalue weighted by atomic mass is 9.84. The minimum absolute atomic E-state index is 0.0475. The molecule has 0 aliphatic carbocycles. The Bertz CT molecular complexity index is 974. The highest BCUT2D eigenvalue weighted by molar-refractivity contribution is 5.94. The van der Waals surface area contributed by atoms with Gasteiger partial charge in [0.05, 0.1) is 18.2 Å². The molecule has 1 aliphatic heterocycles. The van der Waals surface area contributed by atoms with Crippen LogP contribution in [0.15, 0.2) is 30.5 Å². The Morgan fingerprint density at radius 3 is 2.56 bits per heavy atom. The third-order valence-corrected chi connectivity index (χ3v) is 6.50. The van der Waals surface area contributed by atoms with E-state index >= 15 is 0 Å². The van der Waals surface area contributed by atoms with Crippen molar-refractivity contribution >= 4 is 5.91 Å². The van der Waals surface area contributed by atoms with Crippen molar-refractivity contribution in [2.24, 2.45) is 0 Å². The first-order chi connectivity index (χ1) is 16.1. The van der Waals surface area contributed by atoms with Crippen LogP contribution in [0.5, 0.6) is 5.75 Å². The second-order valence-corrected chi connectivity index (χ2v) is 8.66. The summed E-state index contributed by atoms with van der Waals surface area (Å²) in [5, 5.41) is 6.52. The molecule has 1 aliphatic rings. The van der Waals surface area contributed by atoms with Crippen LogP contribution < -0.4 is 15.4 Å². The van der Waals surface area contributed by atoms with E-state index in [4.69, 9.17) is 9.47 Å². The van der Waals surface area contributed by atoms with E-state index in [-0.39, 0.29) is 23.6 Å². The number of alkyl halides is 3. The van der Waals surface area contributed by atoms with E-state index in [1.807, 2.05) is 26.0 Å². The van der Waals surface area contributed by atoms with Crippen molar-refractivity contribution < 1.29 is 27.4 Å². The molecule has 1 fully saturated rings. The van der Waals surface area contributed by atoms with Crippen molar-refractivity contribution in [2.75, 3.05) is 26.9 Å². The first kappa shape index (κ1) is 26.0. The zero-order chi connectivity index (χ0) is 24.9. The Morgan fingerprint density at radius 2 is 1.97 bits per heavy atom. The Kier molecular flexibility index (Phi) is 8.54. The monoisotopic (exact) mass is 479 g/mol. The minimum Gasteiger partial charge on any atom is -0.491 e. The molecule has 3 rings (SSSR count). The molecule has 2 unspecified atom stereocenters. The zero-order valence-corrected chi connectivity index (χ0v) is 20.0. The van der Waals surface area contributed by atoms with Crippen molar-refractivity contribution in [2.45, 2.75) is 57.8 Å². The van der Waals surface area contributed by atoms with Crippen LogP contribution in [0.1, 0.15) is 58.4 Å². The second-order valence-electron chi connectivity index (χ2n) is 8.66. The molecule has 186 valence electrons. The molecule has 1 amide bonds. The van der Waals surface area contributed by atoms with Crippen molar-refractivity contribution in [1.82, 2.24) is 15.6 Å². The maximum Gasteiger partial charge on any atom is 0.433 e. The lowest BCUT2D eigenvalue weighted by Gasteiger charge is -2.32. The zero-order valence-electron chi connectivity index (χ0n) is 20.0. The first-order valence-electron chi connectivity index (χ1n) is 11.4. The van der Waals surface area contributed by atoms with Gasteiger partial charge < -0.3 is 20.1 Å². The highest BCUT2D eigenvalue weighted by Crippen LogP contribution is 2.33. The summed E-state index contributed by atoms with van der Waals surface area (Å²) < 4.78 is 49.3. The highest BCUT2D eigenvalue weighted by atomic mass is 19.4. The average molecular weight is 480 g/mol. The van der Waals surface area contributed by atoms with Crippen LogP contribution in [0.2, 0.25) is 0 Å². The lowest BCUT2D eigenvalue weighted by Crippen LogP contribution is -2.50. The van der Waals surface area contributed by atoms with Gasteiger partial charge in [0, 0.05) is 25.3 Å². The number of methoxy groups -OCH3 is 1. The molecule has 0 bridgehead atoms. The van der Waals surface area contributed by atoms with Gasteiger partial charge in [0.15, 0.2) is 0 Å². The molecular formula is C25H32F3N3O3. The normalized spacial score (nSPS) is 17.9. The Morgan fingerprint density at radius 1 is 1.21 bits per heavy atom. The Balaban J connectivity index is 1.82. The van der Waals surface area contributed by atoms with E-state index < -0.39 is 17.8 Å². The van der Waals surface area contributed by atoms with E-state index in [2.05, 4.69) is 22.5 Å². The van der Waals surface area contributed by atoms with E-state index in [1.165, 1.54) is 0 Å². The molecule has 2 N–H and O–H groups in total. The number of ether oxygens (including phenoxy) is 2.